The summed E-state index contributed by atoms with van der Waals surface area (Å²) in [4.78, 5) is 28.1. The van der Waals surface area contributed by atoms with Crippen molar-refractivity contribution in [1.29, 1.82) is 0 Å². The topological polar surface area (TPSA) is 121 Å². The molecule has 0 spiro atoms. The molecule has 150 valence electrons. The van der Waals surface area contributed by atoms with E-state index in [9.17, 15) is 13.2 Å². The molecule has 2 aliphatic heterocycles. The average Bonchev–Trinajstić information content (AvgIpc) is 3.23. The van der Waals surface area contributed by atoms with Gasteiger partial charge in [-0.1, -0.05) is 29.5 Å². The first-order valence-corrected chi connectivity index (χ1v) is 10.9. The van der Waals surface area contributed by atoms with Crippen LogP contribution >= 0.6 is 11.3 Å². The molecule has 12 heteroatoms. The van der Waals surface area contributed by atoms with Crippen LogP contribution in [-0.4, -0.2) is 60.4 Å². The van der Waals surface area contributed by atoms with Gasteiger partial charge in [-0.15, -0.1) is 0 Å². The fraction of sp³-hybridized carbons (Fsp3) is 0.375. The van der Waals surface area contributed by atoms with Crippen LogP contribution in [0.15, 0.2) is 30.5 Å². The number of hydroxylamine groups is 1. The number of piperazine rings is 1. The minimum atomic E-state index is -3.70. The van der Waals surface area contributed by atoms with Crippen molar-refractivity contribution in [1.82, 2.24) is 14.8 Å². The van der Waals surface area contributed by atoms with Gasteiger partial charge in [-0.3, -0.25) is 10.0 Å². The van der Waals surface area contributed by atoms with Crippen LogP contribution < -0.4 is 15.3 Å². The first kappa shape index (κ1) is 19.1. The summed E-state index contributed by atoms with van der Waals surface area (Å²) in [6.07, 6.45) is 1.60. The zero-order chi connectivity index (χ0) is 19.7. The van der Waals surface area contributed by atoms with Gasteiger partial charge >= 0.3 is 0 Å². The summed E-state index contributed by atoms with van der Waals surface area (Å²) in [6.45, 7) is 1.39. The molecule has 1 saturated heterocycles. The molecule has 1 aromatic carbocycles. The normalized spacial score (nSPS) is 20.3. The SMILES string of the molecule is O=C(NO)c1cnc(N2CCN(S(=O)(=O)C3Cc4ccccc4OO3)CC2)s1. The predicted molar refractivity (Wildman–Crippen MR) is 99.7 cm³/mol. The van der Waals surface area contributed by atoms with Gasteiger partial charge < -0.3 is 9.79 Å². The van der Waals surface area contributed by atoms with Gasteiger partial charge in [-0.05, 0) is 6.07 Å². The van der Waals surface area contributed by atoms with E-state index in [-0.39, 0.29) is 24.4 Å². The van der Waals surface area contributed by atoms with Gasteiger partial charge in [0.1, 0.15) is 4.88 Å². The Kier molecular flexibility index (Phi) is 5.21. The minimum Gasteiger partial charge on any atom is -0.345 e. The highest BCUT2D eigenvalue weighted by molar-refractivity contribution is 7.89. The Hall–Kier alpha value is -2.25. The first-order valence-electron chi connectivity index (χ1n) is 8.54. The van der Waals surface area contributed by atoms with E-state index in [4.69, 9.17) is 15.0 Å². The second kappa shape index (κ2) is 7.64. The molecule has 2 N–H and O–H groups in total. The van der Waals surface area contributed by atoms with Crippen molar-refractivity contribution in [2.24, 2.45) is 0 Å². The standard InChI is InChI=1S/C16H18N4O6S2/c21-15(18-22)13-10-17-16(27-13)19-5-7-20(8-6-19)28(23,24)14-9-11-3-1-2-4-12(11)25-26-14/h1-4,10,14,22H,5-9H2,(H,18,21). The molecule has 1 atom stereocenters. The summed E-state index contributed by atoms with van der Waals surface area (Å²) in [6, 6.07) is 7.18. The number of amides is 1. The molecule has 1 aromatic heterocycles. The van der Waals surface area contributed by atoms with E-state index in [1.54, 1.807) is 17.6 Å². The van der Waals surface area contributed by atoms with Crippen LogP contribution in [0, 0.1) is 0 Å². The number of hydrogen-bond acceptors (Lipinski definition) is 9. The molecular formula is C16H18N4O6S2. The van der Waals surface area contributed by atoms with Gasteiger partial charge in [0.25, 0.3) is 5.91 Å². The number of anilines is 1. The van der Waals surface area contributed by atoms with Crippen LogP contribution in [0.3, 0.4) is 0 Å². The zero-order valence-electron chi connectivity index (χ0n) is 14.6. The van der Waals surface area contributed by atoms with Crippen molar-refractivity contribution in [2.45, 2.75) is 11.9 Å². The number of nitrogens with zero attached hydrogens (tertiary/aromatic N) is 3. The summed E-state index contributed by atoms with van der Waals surface area (Å²) in [5.41, 5.74) is 1.27. The Balaban J connectivity index is 1.40. The van der Waals surface area contributed by atoms with Crippen LogP contribution in [0.5, 0.6) is 5.75 Å². The Labute approximate surface area is 165 Å². The molecule has 1 unspecified atom stereocenters. The molecule has 0 bridgehead atoms. The van der Waals surface area contributed by atoms with Crippen molar-refractivity contribution in [3.8, 4) is 5.75 Å². The van der Waals surface area contributed by atoms with E-state index in [0.29, 0.717) is 24.0 Å². The van der Waals surface area contributed by atoms with E-state index in [0.717, 1.165) is 16.9 Å². The molecule has 28 heavy (non-hydrogen) atoms. The molecule has 1 fully saturated rings. The van der Waals surface area contributed by atoms with Crippen LogP contribution in [0.4, 0.5) is 5.13 Å². The van der Waals surface area contributed by atoms with Crippen molar-refractivity contribution >= 4 is 32.4 Å². The third kappa shape index (κ3) is 3.56. The summed E-state index contributed by atoms with van der Waals surface area (Å²) in [5, 5.41) is 9.29. The molecule has 1 amide bonds. The molecular weight excluding hydrogens is 408 g/mol. The Bertz CT molecular complexity index is 971. The van der Waals surface area contributed by atoms with E-state index in [2.05, 4.69) is 4.98 Å². The van der Waals surface area contributed by atoms with Crippen molar-refractivity contribution in [3.63, 3.8) is 0 Å². The quantitative estimate of drug-likeness (QED) is 0.414. The Morgan fingerprint density at radius 3 is 2.75 bits per heavy atom. The van der Waals surface area contributed by atoms with Crippen LogP contribution in [0.2, 0.25) is 0 Å². The Morgan fingerprint density at radius 2 is 2.00 bits per heavy atom. The number of rotatable bonds is 4. The maximum Gasteiger partial charge on any atom is 0.286 e. The number of benzene rings is 1. The van der Waals surface area contributed by atoms with Gasteiger partial charge in [0.05, 0.1) is 6.20 Å². The molecule has 10 nitrogen and oxygen atoms in total. The van der Waals surface area contributed by atoms with Gasteiger partial charge in [0.15, 0.2) is 10.9 Å². The number of thiazole rings is 1. The molecule has 2 aromatic rings. The number of carbonyl (C=O) groups is 1. The number of fused-ring (bicyclic) bond motifs is 1. The summed E-state index contributed by atoms with van der Waals surface area (Å²) in [5.74, 6) is -0.0926. The predicted octanol–water partition coefficient (Wildman–Crippen LogP) is 0.607. The number of nitrogens with one attached hydrogen (secondary N) is 1. The number of hydrogen-bond donors (Lipinski definition) is 2. The third-order valence-corrected chi connectivity index (χ3v) is 7.68. The Morgan fingerprint density at radius 1 is 1.25 bits per heavy atom. The highest BCUT2D eigenvalue weighted by atomic mass is 32.2. The minimum absolute atomic E-state index is 0.227. The second-order valence-corrected chi connectivity index (χ2v) is 9.38. The summed E-state index contributed by atoms with van der Waals surface area (Å²) >= 11 is 1.13. The molecule has 0 saturated carbocycles. The monoisotopic (exact) mass is 426 g/mol. The lowest BCUT2D eigenvalue weighted by Gasteiger charge is -2.36. The van der Waals surface area contributed by atoms with Crippen LogP contribution in [0.25, 0.3) is 0 Å². The van der Waals surface area contributed by atoms with Gasteiger partial charge in [-0.2, -0.15) is 9.19 Å². The fourth-order valence-electron chi connectivity index (χ4n) is 3.10. The van der Waals surface area contributed by atoms with Gasteiger partial charge in [0.2, 0.25) is 15.5 Å². The van der Waals surface area contributed by atoms with E-state index in [1.807, 2.05) is 17.0 Å². The largest absolute Gasteiger partial charge is 0.345 e. The van der Waals surface area contributed by atoms with Gasteiger partial charge in [0, 0.05) is 38.2 Å². The lowest BCUT2D eigenvalue weighted by atomic mass is 10.1. The van der Waals surface area contributed by atoms with Crippen molar-refractivity contribution in [3.05, 3.63) is 40.9 Å². The van der Waals surface area contributed by atoms with Crippen molar-refractivity contribution in [2.75, 3.05) is 31.1 Å². The fourth-order valence-corrected chi connectivity index (χ4v) is 5.49. The average molecular weight is 426 g/mol. The lowest BCUT2D eigenvalue weighted by Crippen LogP contribution is -2.52. The van der Waals surface area contributed by atoms with E-state index in [1.165, 1.54) is 10.5 Å². The summed E-state index contributed by atoms with van der Waals surface area (Å²) < 4.78 is 27.3. The number of para-hydroxylation sites is 1. The van der Waals surface area contributed by atoms with Crippen molar-refractivity contribution < 1.29 is 28.2 Å². The third-order valence-electron chi connectivity index (χ3n) is 4.62. The molecule has 2 aliphatic rings. The van der Waals surface area contributed by atoms with Crippen LogP contribution in [0.1, 0.15) is 15.2 Å². The van der Waals surface area contributed by atoms with Crippen LogP contribution in [-0.2, 0) is 21.3 Å². The molecule has 4 rings (SSSR count). The smallest absolute Gasteiger partial charge is 0.286 e. The second-order valence-electron chi connectivity index (χ2n) is 6.30. The molecule has 0 aliphatic carbocycles. The number of carbonyl (C=O) groups excluding carboxylic acids is 1. The zero-order valence-corrected chi connectivity index (χ0v) is 16.3. The maximum atomic E-state index is 12.9. The number of aromatic nitrogens is 1. The van der Waals surface area contributed by atoms with E-state index >= 15 is 0 Å². The highest BCUT2D eigenvalue weighted by Crippen LogP contribution is 2.30. The number of sulfonamides is 1. The molecule has 0 radical (unpaired) electrons. The lowest BCUT2D eigenvalue weighted by molar-refractivity contribution is -0.231. The maximum absolute atomic E-state index is 12.9. The highest BCUT2D eigenvalue weighted by Gasteiger charge is 2.39. The molecule has 3 heterocycles. The van der Waals surface area contributed by atoms with Gasteiger partial charge in [-0.25, -0.2) is 18.9 Å². The summed E-state index contributed by atoms with van der Waals surface area (Å²) in [7, 11) is -3.70. The first-order chi connectivity index (χ1) is 13.5. The van der Waals surface area contributed by atoms with E-state index < -0.39 is 21.4 Å².